The fraction of sp³-hybridized carbons (Fsp3) is 0.222. The summed E-state index contributed by atoms with van der Waals surface area (Å²) in [4.78, 5) is 11.1. The molecule has 1 aromatic carbocycles. The van der Waals surface area contributed by atoms with Crippen LogP contribution in [0.4, 0.5) is 0 Å². The first-order valence-corrected chi connectivity index (χ1v) is 4.76. The Balaban J connectivity index is 2.95. The molecule has 0 aliphatic carbocycles. The number of halogens is 2. The van der Waals surface area contributed by atoms with E-state index in [1.54, 1.807) is 19.1 Å². The SMILES string of the molecule is CC(C(=O)OBr)c1ccccc1Cl. The summed E-state index contributed by atoms with van der Waals surface area (Å²) in [6.07, 6.45) is 0. The van der Waals surface area contributed by atoms with Gasteiger partial charge < -0.3 is 3.83 Å². The standard InChI is InChI=1S/C9H8BrClO2/c1-6(9(12)13-10)7-4-2-3-5-8(7)11/h2-6H,1H3. The lowest BCUT2D eigenvalue weighted by molar-refractivity contribution is -0.133. The van der Waals surface area contributed by atoms with Crippen molar-refractivity contribution in [3.8, 4) is 0 Å². The molecule has 0 heterocycles. The average molecular weight is 264 g/mol. The first kappa shape index (κ1) is 10.5. The van der Waals surface area contributed by atoms with Gasteiger partial charge in [0.1, 0.15) is 0 Å². The minimum Gasteiger partial charge on any atom is -0.383 e. The van der Waals surface area contributed by atoms with E-state index < -0.39 is 0 Å². The van der Waals surface area contributed by atoms with Crippen molar-refractivity contribution in [3.05, 3.63) is 34.9 Å². The highest BCUT2D eigenvalue weighted by Gasteiger charge is 2.18. The Bertz CT molecular complexity index is 314. The first-order chi connectivity index (χ1) is 6.16. The van der Waals surface area contributed by atoms with Gasteiger partial charge in [0.15, 0.2) is 16.3 Å². The van der Waals surface area contributed by atoms with E-state index in [2.05, 4.69) is 20.1 Å². The summed E-state index contributed by atoms with van der Waals surface area (Å²) in [6.45, 7) is 1.74. The van der Waals surface area contributed by atoms with Crippen molar-refractivity contribution in [2.45, 2.75) is 12.8 Å². The number of benzene rings is 1. The minimum atomic E-state index is -0.354. The molecule has 13 heavy (non-hydrogen) atoms. The Morgan fingerprint density at radius 2 is 2.15 bits per heavy atom. The van der Waals surface area contributed by atoms with Crippen molar-refractivity contribution >= 4 is 33.8 Å². The zero-order chi connectivity index (χ0) is 9.84. The van der Waals surface area contributed by atoms with Gasteiger partial charge in [-0.2, -0.15) is 0 Å². The molecule has 70 valence electrons. The van der Waals surface area contributed by atoms with E-state index in [9.17, 15) is 4.79 Å². The summed E-state index contributed by atoms with van der Waals surface area (Å²) in [5, 5.41) is 0.577. The van der Waals surface area contributed by atoms with Gasteiger partial charge in [0.25, 0.3) is 0 Å². The van der Waals surface area contributed by atoms with Crippen molar-refractivity contribution < 1.29 is 8.62 Å². The zero-order valence-electron chi connectivity index (χ0n) is 6.96. The Morgan fingerprint density at radius 3 is 2.69 bits per heavy atom. The molecule has 0 aliphatic rings. The molecular formula is C9H8BrClO2. The van der Waals surface area contributed by atoms with Crippen molar-refractivity contribution in [1.29, 1.82) is 0 Å². The van der Waals surface area contributed by atoms with Gasteiger partial charge >= 0.3 is 5.97 Å². The average Bonchev–Trinajstić information content (AvgIpc) is 2.16. The van der Waals surface area contributed by atoms with Crippen molar-refractivity contribution in [2.75, 3.05) is 0 Å². The molecule has 0 bridgehead atoms. The second kappa shape index (κ2) is 4.63. The quantitative estimate of drug-likeness (QED) is 0.818. The monoisotopic (exact) mass is 262 g/mol. The summed E-state index contributed by atoms with van der Waals surface area (Å²) in [5.41, 5.74) is 0.772. The zero-order valence-corrected chi connectivity index (χ0v) is 9.30. The van der Waals surface area contributed by atoms with Gasteiger partial charge in [-0.25, -0.2) is 0 Å². The maximum absolute atomic E-state index is 11.1. The van der Waals surface area contributed by atoms with Crippen LogP contribution in [-0.2, 0) is 8.62 Å². The highest BCUT2D eigenvalue weighted by molar-refractivity contribution is 9.06. The van der Waals surface area contributed by atoms with Gasteiger partial charge in [-0.05, 0) is 18.6 Å². The molecule has 0 N–H and O–H groups in total. The third kappa shape index (κ3) is 2.45. The molecule has 0 saturated heterocycles. The molecular weight excluding hydrogens is 255 g/mol. The molecule has 0 amide bonds. The van der Waals surface area contributed by atoms with Gasteiger partial charge in [0, 0.05) is 5.02 Å². The molecule has 0 spiro atoms. The van der Waals surface area contributed by atoms with E-state index in [1.807, 2.05) is 12.1 Å². The number of rotatable bonds is 2. The maximum Gasteiger partial charge on any atom is 0.324 e. The third-order valence-corrected chi connectivity index (χ3v) is 2.46. The molecule has 0 fully saturated rings. The lowest BCUT2D eigenvalue weighted by atomic mass is 10.0. The summed E-state index contributed by atoms with van der Waals surface area (Å²) >= 11 is 8.54. The predicted octanol–water partition coefficient (Wildman–Crippen LogP) is 3.30. The van der Waals surface area contributed by atoms with E-state index in [-0.39, 0.29) is 11.9 Å². The van der Waals surface area contributed by atoms with Crippen LogP contribution in [0.15, 0.2) is 24.3 Å². The fourth-order valence-electron chi connectivity index (χ4n) is 1.02. The largest absolute Gasteiger partial charge is 0.383 e. The van der Waals surface area contributed by atoms with E-state index in [1.165, 1.54) is 0 Å². The van der Waals surface area contributed by atoms with Crippen LogP contribution in [0.1, 0.15) is 18.4 Å². The highest BCUT2D eigenvalue weighted by Crippen LogP contribution is 2.25. The second-order valence-electron chi connectivity index (χ2n) is 2.64. The topological polar surface area (TPSA) is 26.3 Å². The van der Waals surface area contributed by atoms with Crippen LogP contribution in [0.5, 0.6) is 0 Å². The molecule has 0 radical (unpaired) electrons. The lowest BCUT2D eigenvalue weighted by Gasteiger charge is -2.09. The Morgan fingerprint density at radius 1 is 1.54 bits per heavy atom. The Kier molecular flexibility index (Phi) is 3.75. The second-order valence-corrected chi connectivity index (χ2v) is 3.37. The molecule has 1 rings (SSSR count). The van der Waals surface area contributed by atoms with Gasteiger partial charge in [0.05, 0.1) is 5.92 Å². The number of hydrogen-bond acceptors (Lipinski definition) is 2. The van der Waals surface area contributed by atoms with Crippen LogP contribution < -0.4 is 0 Å². The van der Waals surface area contributed by atoms with Crippen LogP contribution in [-0.4, -0.2) is 5.97 Å². The van der Waals surface area contributed by atoms with E-state index in [0.29, 0.717) is 5.02 Å². The number of carbonyl (C=O) groups is 1. The van der Waals surface area contributed by atoms with Crippen molar-refractivity contribution in [2.24, 2.45) is 0 Å². The van der Waals surface area contributed by atoms with Crippen LogP contribution in [0.25, 0.3) is 0 Å². The predicted molar refractivity (Wildman–Crippen MR) is 54.9 cm³/mol. The summed E-state index contributed by atoms with van der Waals surface area (Å²) in [5.74, 6) is -0.707. The normalized spacial score (nSPS) is 12.2. The van der Waals surface area contributed by atoms with Crippen molar-refractivity contribution in [1.82, 2.24) is 0 Å². The first-order valence-electron chi connectivity index (χ1n) is 3.73. The third-order valence-electron chi connectivity index (χ3n) is 1.80. The molecule has 0 aliphatic heterocycles. The van der Waals surface area contributed by atoms with Gasteiger partial charge in [-0.1, -0.05) is 29.8 Å². The van der Waals surface area contributed by atoms with Crippen LogP contribution >= 0.6 is 27.9 Å². The van der Waals surface area contributed by atoms with Crippen LogP contribution in [0.3, 0.4) is 0 Å². The summed E-state index contributed by atoms with van der Waals surface area (Å²) in [6, 6.07) is 7.20. The Hall–Kier alpha value is -0.540. The Labute approximate surface area is 90.3 Å². The molecule has 0 saturated carbocycles. The van der Waals surface area contributed by atoms with Gasteiger partial charge in [-0.3, -0.25) is 4.79 Å². The van der Waals surface area contributed by atoms with E-state index in [4.69, 9.17) is 11.6 Å². The minimum absolute atomic E-state index is 0.354. The summed E-state index contributed by atoms with van der Waals surface area (Å²) in [7, 11) is 0. The molecule has 4 heteroatoms. The molecule has 0 aromatic heterocycles. The van der Waals surface area contributed by atoms with Crippen LogP contribution in [0.2, 0.25) is 5.02 Å². The van der Waals surface area contributed by atoms with Crippen LogP contribution in [0, 0.1) is 0 Å². The lowest BCUT2D eigenvalue weighted by Crippen LogP contribution is -2.08. The number of hydrogen-bond donors (Lipinski definition) is 0. The maximum atomic E-state index is 11.1. The highest BCUT2D eigenvalue weighted by atomic mass is 79.9. The van der Waals surface area contributed by atoms with Crippen molar-refractivity contribution in [3.63, 3.8) is 0 Å². The number of carbonyl (C=O) groups excluding carboxylic acids is 1. The van der Waals surface area contributed by atoms with E-state index >= 15 is 0 Å². The molecule has 2 nitrogen and oxygen atoms in total. The fourth-order valence-corrected chi connectivity index (χ4v) is 1.60. The smallest absolute Gasteiger partial charge is 0.324 e. The molecule has 1 unspecified atom stereocenters. The van der Waals surface area contributed by atoms with Gasteiger partial charge in [-0.15, -0.1) is 0 Å². The van der Waals surface area contributed by atoms with Gasteiger partial charge in [0.2, 0.25) is 0 Å². The molecule has 1 aromatic rings. The van der Waals surface area contributed by atoms with E-state index in [0.717, 1.165) is 5.56 Å². The summed E-state index contributed by atoms with van der Waals surface area (Å²) < 4.78 is 4.44. The molecule has 1 atom stereocenters.